The summed E-state index contributed by atoms with van der Waals surface area (Å²) in [5, 5.41) is 0. The minimum atomic E-state index is 0.0787. The van der Waals surface area contributed by atoms with Crippen molar-refractivity contribution in [2.45, 2.75) is 26.7 Å². The van der Waals surface area contributed by atoms with E-state index in [1.165, 1.54) is 0 Å². The lowest BCUT2D eigenvalue weighted by atomic mass is 9.85. The van der Waals surface area contributed by atoms with Crippen molar-refractivity contribution in [3.8, 4) is 0 Å². The molecule has 0 amide bonds. The molecule has 0 spiro atoms. The van der Waals surface area contributed by atoms with Gasteiger partial charge in [0.15, 0.2) is 5.78 Å². The third-order valence-electron chi connectivity index (χ3n) is 2.30. The first-order valence-corrected chi connectivity index (χ1v) is 4.56. The zero-order valence-corrected chi connectivity index (χ0v) is 7.71. The standard InChI is InChI=1S/C11H15O/c1-3-6-9(2)10-7-4-5-8-11(10)12/h4-5,7,9-10H,3,6H2,1-2H3. The van der Waals surface area contributed by atoms with Crippen molar-refractivity contribution in [1.82, 2.24) is 0 Å². The van der Waals surface area contributed by atoms with Gasteiger partial charge in [0.2, 0.25) is 0 Å². The molecule has 1 heteroatoms. The summed E-state index contributed by atoms with van der Waals surface area (Å²) in [4.78, 5) is 11.3. The maximum Gasteiger partial charge on any atom is 0.170 e. The van der Waals surface area contributed by atoms with Crippen LogP contribution in [0.5, 0.6) is 0 Å². The van der Waals surface area contributed by atoms with Crippen molar-refractivity contribution in [2.24, 2.45) is 11.8 Å². The number of hydrogen-bond donors (Lipinski definition) is 0. The zero-order valence-electron chi connectivity index (χ0n) is 7.71. The van der Waals surface area contributed by atoms with E-state index in [1.807, 2.05) is 12.2 Å². The fourth-order valence-electron chi connectivity index (χ4n) is 1.57. The van der Waals surface area contributed by atoms with Gasteiger partial charge in [0, 0.05) is 12.0 Å². The van der Waals surface area contributed by atoms with Gasteiger partial charge in [-0.25, -0.2) is 0 Å². The molecule has 1 rings (SSSR count). The number of Topliss-reactive ketones (excluding diaryl/α,β-unsaturated/α-hetero) is 1. The van der Waals surface area contributed by atoms with Crippen molar-refractivity contribution in [2.75, 3.05) is 0 Å². The summed E-state index contributed by atoms with van der Waals surface area (Å²) < 4.78 is 0. The number of hydrogen-bond acceptors (Lipinski definition) is 1. The molecule has 0 heterocycles. The summed E-state index contributed by atoms with van der Waals surface area (Å²) in [7, 11) is 0. The number of rotatable bonds is 3. The summed E-state index contributed by atoms with van der Waals surface area (Å²) in [6.07, 6.45) is 10.6. The molecule has 65 valence electrons. The van der Waals surface area contributed by atoms with E-state index in [0.717, 1.165) is 12.8 Å². The Bertz CT molecular complexity index is 213. The Morgan fingerprint density at radius 1 is 1.67 bits per heavy atom. The van der Waals surface area contributed by atoms with Gasteiger partial charge in [0.25, 0.3) is 0 Å². The van der Waals surface area contributed by atoms with Crippen molar-refractivity contribution in [3.63, 3.8) is 0 Å². The molecule has 0 saturated heterocycles. The highest BCUT2D eigenvalue weighted by molar-refractivity contribution is 5.90. The molecular formula is C11H15O. The Morgan fingerprint density at radius 3 is 3.00 bits per heavy atom. The molecule has 0 bridgehead atoms. The van der Waals surface area contributed by atoms with Gasteiger partial charge < -0.3 is 0 Å². The van der Waals surface area contributed by atoms with Crippen molar-refractivity contribution in [3.05, 3.63) is 24.3 Å². The van der Waals surface area contributed by atoms with Crippen LogP contribution >= 0.6 is 0 Å². The smallest absolute Gasteiger partial charge is 0.170 e. The van der Waals surface area contributed by atoms with Gasteiger partial charge in [-0.15, -0.1) is 0 Å². The Balaban J connectivity index is 2.56. The predicted octanol–water partition coefficient (Wildman–Crippen LogP) is 2.54. The van der Waals surface area contributed by atoms with Crippen LogP contribution in [0.2, 0.25) is 0 Å². The van der Waals surface area contributed by atoms with Gasteiger partial charge >= 0.3 is 0 Å². The molecule has 0 aromatic rings. The molecule has 1 aliphatic rings. The highest BCUT2D eigenvalue weighted by atomic mass is 16.1. The molecule has 0 aromatic heterocycles. The average molecular weight is 163 g/mol. The largest absolute Gasteiger partial charge is 0.293 e. The maximum absolute atomic E-state index is 11.3. The molecule has 0 aromatic carbocycles. The molecule has 0 N–H and O–H groups in total. The van der Waals surface area contributed by atoms with E-state index in [1.54, 1.807) is 6.08 Å². The fraction of sp³-hybridized carbons (Fsp3) is 0.545. The SMILES string of the molecule is CCCC(C)C1C=CC=[C]C1=O. The average Bonchev–Trinajstić information content (AvgIpc) is 2.05. The monoisotopic (exact) mass is 163 g/mol. The maximum atomic E-state index is 11.3. The third kappa shape index (κ3) is 2.07. The van der Waals surface area contributed by atoms with Crippen LogP contribution in [-0.2, 0) is 4.79 Å². The first kappa shape index (κ1) is 9.24. The van der Waals surface area contributed by atoms with E-state index in [0.29, 0.717) is 5.92 Å². The molecule has 12 heavy (non-hydrogen) atoms. The topological polar surface area (TPSA) is 17.1 Å². The van der Waals surface area contributed by atoms with Crippen LogP contribution in [0.15, 0.2) is 18.2 Å². The second-order valence-corrected chi connectivity index (χ2v) is 3.35. The Labute approximate surface area is 74.2 Å². The van der Waals surface area contributed by atoms with Crippen LogP contribution in [-0.4, -0.2) is 5.78 Å². The number of carbonyl (C=O) groups excluding carboxylic acids is 1. The van der Waals surface area contributed by atoms with E-state index in [9.17, 15) is 4.79 Å². The molecule has 1 nitrogen and oxygen atoms in total. The van der Waals surface area contributed by atoms with Crippen LogP contribution in [0, 0.1) is 17.9 Å². The van der Waals surface area contributed by atoms with E-state index < -0.39 is 0 Å². The molecule has 2 atom stereocenters. The predicted molar refractivity (Wildman–Crippen MR) is 49.5 cm³/mol. The normalized spacial score (nSPS) is 24.5. The lowest BCUT2D eigenvalue weighted by Crippen LogP contribution is -2.19. The first-order valence-electron chi connectivity index (χ1n) is 4.56. The molecule has 0 fully saturated rings. The van der Waals surface area contributed by atoms with Crippen molar-refractivity contribution < 1.29 is 4.79 Å². The Kier molecular flexibility index (Phi) is 3.27. The molecular weight excluding hydrogens is 148 g/mol. The van der Waals surface area contributed by atoms with Gasteiger partial charge in [-0.05, 0) is 12.3 Å². The Hall–Kier alpha value is -0.850. The lowest BCUT2D eigenvalue weighted by molar-refractivity contribution is -0.118. The number of carbonyl (C=O) groups is 1. The number of ketones is 1. The summed E-state index contributed by atoms with van der Waals surface area (Å²) >= 11 is 0. The van der Waals surface area contributed by atoms with Gasteiger partial charge in [-0.2, -0.15) is 0 Å². The molecule has 1 aliphatic carbocycles. The van der Waals surface area contributed by atoms with Gasteiger partial charge in [-0.1, -0.05) is 38.5 Å². The summed E-state index contributed by atoms with van der Waals surface area (Å²) in [6.45, 7) is 4.27. The van der Waals surface area contributed by atoms with Gasteiger partial charge in [-0.3, -0.25) is 4.79 Å². The zero-order chi connectivity index (χ0) is 8.97. The molecule has 2 unspecified atom stereocenters. The third-order valence-corrected chi connectivity index (χ3v) is 2.30. The second-order valence-electron chi connectivity index (χ2n) is 3.35. The Morgan fingerprint density at radius 2 is 2.42 bits per heavy atom. The van der Waals surface area contributed by atoms with Crippen molar-refractivity contribution >= 4 is 5.78 Å². The van der Waals surface area contributed by atoms with Crippen LogP contribution in [0.4, 0.5) is 0 Å². The highest BCUT2D eigenvalue weighted by Crippen LogP contribution is 2.21. The van der Waals surface area contributed by atoms with Crippen LogP contribution in [0.3, 0.4) is 0 Å². The van der Waals surface area contributed by atoms with E-state index >= 15 is 0 Å². The molecule has 0 saturated carbocycles. The van der Waals surface area contributed by atoms with E-state index in [-0.39, 0.29) is 11.7 Å². The fourth-order valence-corrected chi connectivity index (χ4v) is 1.57. The molecule has 0 aliphatic heterocycles. The van der Waals surface area contributed by atoms with Crippen molar-refractivity contribution in [1.29, 1.82) is 0 Å². The van der Waals surface area contributed by atoms with E-state index in [4.69, 9.17) is 0 Å². The first-order chi connectivity index (χ1) is 5.75. The second kappa shape index (κ2) is 4.24. The van der Waals surface area contributed by atoms with Crippen LogP contribution in [0.25, 0.3) is 0 Å². The van der Waals surface area contributed by atoms with Crippen LogP contribution in [0.1, 0.15) is 26.7 Å². The minimum Gasteiger partial charge on any atom is -0.293 e. The van der Waals surface area contributed by atoms with E-state index in [2.05, 4.69) is 19.9 Å². The number of allylic oxidation sites excluding steroid dienone is 4. The lowest BCUT2D eigenvalue weighted by Gasteiger charge is -2.18. The van der Waals surface area contributed by atoms with Gasteiger partial charge in [0.1, 0.15) is 0 Å². The van der Waals surface area contributed by atoms with Gasteiger partial charge in [0.05, 0.1) is 0 Å². The quantitative estimate of drug-likeness (QED) is 0.625. The molecule has 1 radical (unpaired) electrons. The highest BCUT2D eigenvalue weighted by Gasteiger charge is 2.21. The summed E-state index contributed by atoms with van der Waals surface area (Å²) in [5.74, 6) is 0.674. The minimum absolute atomic E-state index is 0.0787. The van der Waals surface area contributed by atoms with Crippen LogP contribution < -0.4 is 0 Å². The summed E-state index contributed by atoms with van der Waals surface area (Å²) in [5.41, 5.74) is 0. The summed E-state index contributed by atoms with van der Waals surface area (Å²) in [6, 6.07) is 0.